The van der Waals surface area contributed by atoms with E-state index >= 15 is 0 Å². The van der Waals surface area contributed by atoms with Crippen molar-refractivity contribution in [3.8, 4) is 11.3 Å². The minimum Gasteiger partial charge on any atom is -0.386 e. The molecule has 2 aromatic heterocycles. The monoisotopic (exact) mass is 355 g/mol. The molecule has 0 aliphatic heterocycles. The van der Waals surface area contributed by atoms with E-state index in [0.29, 0.717) is 12.8 Å². The smallest absolute Gasteiger partial charge is 0.143 e. The van der Waals surface area contributed by atoms with E-state index in [1.165, 1.54) is 0 Å². The fraction of sp³-hybridized carbons (Fsp3) is 0.476. The number of aliphatic hydroxyl groups excluding tert-OH is 1. The third kappa shape index (κ3) is 2.66. The average Bonchev–Trinajstić information content (AvgIpc) is 3.17. The van der Waals surface area contributed by atoms with E-state index in [4.69, 9.17) is 10.3 Å². The lowest BCUT2D eigenvalue weighted by Gasteiger charge is -2.33. The van der Waals surface area contributed by atoms with Gasteiger partial charge in [0.05, 0.1) is 23.1 Å². The summed E-state index contributed by atoms with van der Waals surface area (Å²) in [7, 11) is 2.02. The van der Waals surface area contributed by atoms with Gasteiger partial charge < -0.3 is 19.9 Å². The predicted octanol–water partition coefficient (Wildman–Crippen LogP) is 4.26. The summed E-state index contributed by atoms with van der Waals surface area (Å²) in [5, 5.41) is 16.6. The Morgan fingerprint density at radius 3 is 2.50 bits per heavy atom. The number of rotatable bonds is 6. The van der Waals surface area contributed by atoms with Crippen molar-refractivity contribution in [1.82, 2.24) is 9.72 Å². The van der Waals surface area contributed by atoms with Crippen LogP contribution in [0.5, 0.6) is 0 Å². The lowest BCUT2D eigenvalue weighted by atomic mass is 9.82. The van der Waals surface area contributed by atoms with Gasteiger partial charge in [-0.2, -0.15) is 0 Å². The van der Waals surface area contributed by atoms with Crippen LogP contribution in [0.4, 0.5) is 0 Å². The van der Waals surface area contributed by atoms with Crippen molar-refractivity contribution >= 4 is 10.9 Å². The first-order chi connectivity index (χ1) is 12.4. The van der Waals surface area contributed by atoms with Crippen LogP contribution in [0.2, 0.25) is 0 Å². The van der Waals surface area contributed by atoms with Crippen molar-refractivity contribution in [2.24, 2.45) is 12.8 Å². The van der Waals surface area contributed by atoms with E-state index in [9.17, 15) is 5.11 Å². The van der Waals surface area contributed by atoms with Crippen LogP contribution in [0.3, 0.4) is 0 Å². The number of nitrogens with two attached hydrogens (primary N) is 1. The molecule has 0 aliphatic carbocycles. The van der Waals surface area contributed by atoms with Gasteiger partial charge in [0, 0.05) is 29.1 Å². The molecule has 3 aromatic rings. The Labute approximate surface area is 154 Å². The topological polar surface area (TPSA) is 77.2 Å². The predicted molar refractivity (Wildman–Crippen MR) is 105 cm³/mol. The molecule has 0 amide bonds. The van der Waals surface area contributed by atoms with E-state index in [1.807, 2.05) is 40.0 Å². The van der Waals surface area contributed by atoms with Gasteiger partial charge in [-0.3, -0.25) is 0 Å². The van der Waals surface area contributed by atoms with Crippen molar-refractivity contribution in [3.05, 3.63) is 41.3 Å². The summed E-state index contributed by atoms with van der Waals surface area (Å²) in [5.41, 5.74) is 10.7. The minimum atomic E-state index is -0.780. The molecule has 0 bridgehead atoms. The first-order valence-electron chi connectivity index (χ1n) is 9.39. The second-order valence-electron chi connectivity index (χ2n) is 7.10. The van der Waals surface area contributed by atoms with Gasteiger partial charge in [-0.15, -0.1) is 0 Å². The molecule has 0 aliphatic rings. The Kier molecular flexibility index (Phi) is 4.95. The largest absolute Gasteiger partial charge is 0.386 e. The summed E-state index contributed by atoms with van der Waals surface area (Å²) in [6, 6.07) is 8.13. The van der Waals surface area contributed by atoms with Crippen molar-refractivity contribution < 1.29 is 9.63 Å². The molecule has 2 heterocycles. The van der Waals surface area contributed by atoms with Gasteiger partial charge in [0.2, 0.25) is 0 Å². The molecule has 5 heteroatoms. The van der Waals surface area contributed by atoms with Crippen LogP contribution in [-0.4, -0.2) is 20.4 Å². The van der Waals surface area contributed by atoms with Gasteiger partial charge in [0.25, 0.3) is 0 Å². The summed E-state index contributed by atoms with van der Waals surface area (Å²) in [4.78, 5) is 0. The number of aryl methyl sites for hydroxylation is 3. The molecule has 1 aromatic carbocycles. The number of aliphatic hydroxyl groups is 1. The van der Waals surface area contributed by atoms with Crippen LogP contribution in [0.15, 0.2) is 28.8 Å². The first-order valence-corrected chi connectivity index (χ1v) is 9.39. The standard InChI is InChI=1S/C21H29N3O2/c1-6-15-17(13(4)26-23-15)19-18(20(25)21(22,7-2)8-3)14-11-9-10-12-16(14)24(19)5/h9-12,20,25H,6-8,22H2,1-5H3. The maximum Gasteiger partial charge on any atom is 0.143 e. The van der Waals surface area contributed by atoms with E-state index in [2.05, 4.69) is 28.8 Å². The van der Waals surface area contributed by atoms with Gasteiger partial charge >= 0.3 is 0 Å². The van der Waals surface area contributed by atoms with Crippen LogP contribution >= 0.6 is 0 Å². The zero-order valence-corrected chi connectivity index (χ0v) is 16.3. The summed E-state index contributed by atoms with van der Waals surface area (Å²) in [5.74, 6) is 0.761. The highest BCUT2D eigenvalue weighted by molar-refractivity contribution is 5.93. The highest BCUT2D eigenvalue weighted by atomic mass is 16.5. The average molecular weight is 355 g/mol. The summed E-state index contributed by atoms with van der Waals surface area (Å²) < 4.78 is 7.61. The van der Waals surface area contributed by atoms with E-state index in [1.54, 1.807) is 0 Å². The fourth-order valence-electron chi connectivity index (χ4n) is 3.89. The molecule has 0 radical (unpaired) electrons. The minimum absolute atomic E-state index is 0.684. The van der Waals surface area contributed by atoms with Crippen LogP contribution in [0.25, 0.3) is 22.2 Å². The molecular weight excluding hydrogens is 326 g/mol. The molecule has 26 heavy (non-hydrogen) atoms. The van der Waals surface area contributed by atoms with Crippen LogP contribution in [0, 0.1) is 6.92 Å². The molecule has 0 spiro atoms. The van der Waals surface area contributed by atoms with E-state index in [-0.39, 0.29) is 0 Å². The number of aromatic nitrogens is 2. The molecule has 0 fully saturated rings. The fourth-order valence-corrected chi connectivity index (χ4v) is 3.89. The zero-order chi connectivity index (χ0) is 19.1. The number of fused-ring (bicyclic) bond motifs is 1. The second kappa shape index (κ2) is 6.89. The molecule has 5 nitrogen and oxygen atoms in total. The van der Waals surface area contributed by atoms with Crippen LogP contribution in [0.1, 0.15) is 56.7 Å². The SMILES string of the molecule is CCc1noc(C)c1-c1c(C(O)C(N)(CC)CC)c2ccccc2n1C. The Hall–Kier alpha value is -2.11. The molecule has 3 rings (SSSR count). The Morgan fingerprint density at radius 1 is 1.23 bits per heavy atom. The van der Waals surface area contributed by atoms with Crippen LogP contribution in [-0.2, 0) is 13.5 Å². The summed E-state index contributed by atoms with van der Waals surface area (Å²) in [6.07, 6.45) is 1.37. The molecule has 0 saturated carbocycles. The Bertz CT molecular complexity index is 919. The molecule has 1 atom stereocenters. The number of hydrogen-bond donors (Lipinski definition) is 2. The number of hydrogen-bond acceptors (Lipinski definition) is 4. The third-order valence-electron chi connectivity index (χ3n) is 5.79. The van der Waals surface area contributed by atoms with Gasteiger partial charge in [0.15, 0.2) is 0 Å². The normalized spacial score (nSPS) is 13.5. The summed E-state index contributed by atoms with van der Waals surface area (Å²) in [6.45, 7) is 8.04. The van der Waals surface area contributed by atoms with Gasteiger partial charge in [0.1, 0.15) is 5.76 Å². The van der Waals surface area contributed by atoms with Crippen molar-refractivity contribution in [1.29, 1.82) is 0 Å². The van der Waals surface area contributed by atoms with Gasteiger partial charge in [-0.25, -0.2) is 0 Å². The third-order valence-corrected chi connectivity index (χ3v) is 5.79. The highest BCUT2D eigenvalue weighted by Gasteiger charge is 2.37. The molecule has 0 saturated heterocycles. The molecular formula is C21H29N3O2. The van der Waals surface area contributed by atoms with Crippen molar-refractivity contribution in [2.75, 3.05) is 0 Å². The quantitative estimate of drug-likeness (QED) is 0.693. The number of nitrogens with zero attached hydrogens (tertiary/aromatic N) is 2. The lowest BCUT2D eigenvalue weighted by Crippen LogP contribution is -2.44. The van der Waals surface area contributed by atoms with Crippen molar-refractivity contribution in [2.45, 2.75) is 58.6 Å². The zero-order valence-electron chi connectivity index (χ0n) is 16.3. The van der Waals surface area contributed by atoms with Gasteiger partial charge in [-0.1, -0.05) is 44.1 Å². The molecule has 1 unspecified atom stereocenters. The first kappa shape index (κ1) is 18.7. The maximum atomic E-state index is 11.4. The van der Waals surface area contributed by atoms with E-state index in [0.717, 1.165) is 45.6 Å². The number of benzene rings is 1. The lowest BCUT2D eigenvalue weighted by molar-refractivity contribution is 0.0796. The van der Waals surface area contributed by atoms with E-state index < -0.39 is 11.6 Å². The Balaban J connectivity index is 2.40. The second-order valence-corrected chi connectivity index (χ2v) is 7.10. The van der Waals surface area contributed by atoms with Gasteiger partial charge in [-0.05, 0) is 32.3 Å². The maximum absolute atomic E-state index is 11.4. The Morgan fingerprint density at radius 2 is 1.88 bits per heavy atom. The van der Waals surface area contributed by atoms with Crippen molar-refractivity contribution in [3.63, 3.8) is 0 Å². The number of para-hydroxylation sites is 1. The highest BCUT2D eigenvalue weighted by Crippen LogP contribution is 2.43. The summed E-state index contributed by atoms with van der Waals surface area (Å²) >= 11 is 0. The molecule has 140 valence electrons. The molecule has 3 N–H and O–H groups in total. The van der Waals surface area contributed by atoms with Crippen LogP contribution < -0.4 is 5.73 Å².